The highest BCUT2D eigenvalue weighted by atomic mass is 16.5. The second-order valence-corrected chi connectivity index (χ2v) is 7.08. The lowest BCUT2D eigenvalue weighted by molar-refractivity contribution is 0.0671. The Morgan fingerprint density at radius 1 is 0.871 bits per heavy atom. The lowest BCUT2D eigenvalue weighted by Gasteiger charge is -2.34. The van der Waals surface area contributed by atoms with Crippen molar-refractivity contribution in [2.45, 2.75) is 6.61 Å². The number of piperazine rings is 1. The lowest BCUT2D eigenvalue weighted by atomic mass is 10.1. The lowest BCUT2D eigenvalue weighted by Crippen LogP contribution is -2.51. The largest absolute Gasteiger partial charge is 0.489 e. The molecule has 8 heteroatoms. The zero-order chi connectivity index (χ0) is 21.5. The normalized spacial score (nSPS) is 13.5. The van der Waals surface area contributed by atoms with E-state index in [0.717, 1.165) is 5.56 Å². The Kier molecular flexibility index (Phi) is 6.37. The van der Waals surface area contributed by atoms with Gasteiger partial charge in [-0.1, -0.05) is 36.4 Å². The van der Waals surface area contributed by atoms with Gasteiger partial charge in [0, 0.05) is 44.1 Å². The first-order valence-corrected chi connectivity index (χ1v) is 10.1. The molecule has 0 bridgehead atoms. The van der Waals surface area contributed by atoms with Crippen molar-refractivity contribution in [2.24, 2.45) is 0 Å². The molecular weight excluding hydrogens is 394 g/mol. The van der Waals surface area contributed by atoms with Crippen LogP contribution in [0.2, 0.25) is 0 Å². The molecule has 0 radical (unpaired) electrons. The predicted molar refractivity (Wildman–Crippen MR) is 116 cm³/mol. The maximum absolute atomic E-state index is 12.9. The molecule has 0 unspecified atom stereocenters. The Morgan fingerprint density at radius 2 is 1.58 bits per heavy atom. The molecule has 158 valence electrons. The number of ether oxygens (including phenoxy) is 1. The number of aromatic nitrogens is 2. The van der Waals surface area contributed by atoms with Gasteiger partial charge >= 0.3 is 6.03 Å². The number of rotatable bonds is 5. The zero-order valence-electron chi connectivity index (χ0n) is 17.0. The van der Waals surface area contributed by atoms with Crippen molar-refractivity contribution in [2.75, 3.05) is 31.5 Å². The first kappa shape index (κ1) is 20.3. The fourth-order valence-corrected chi connectivity index (χ4v) is 3.29. The van der Waals surface area contributed by atoms with E-state index in [0.29, 0.717) is 44.1 Å². The molecule has 3 aromatic rings. The van der Waals surface area contributed by atoms with Gasteiger partial charge in [-0.3, -0.25) is 10.1 Å². The predicted octanol–water partition coefficient (Wildman–Crippen LogP) is 3.05. The molecule has 1 saturated heterocycles. The molecule has 1 N–H and O–H groups in total. The third-order valence-corrected chi connectivity index (χ3v) is 4.97. The molecule has 1 aromatic heterocycles. The molecule has 2 aromatic carbocycles. The van der Waals surface area contributed by atoms with Crippen LogP contribution in [0.5, 0.6) is 5.75 Å². The number of carbonyl (C=O) groups is 2. The fraction of sp³-hybridized carbons (Fsp3) is 0.217. The van der Waals surface area contributed by atoms with Gasteiger partial charge in [0.1, 0.15) is 12.4 Å². The van der Waals surface area contributed by atoms with Crippen molar-refractivity contribution < 1.29 is 14.3 Å². The summed E-state index contributed by atoms with van der Waals surface area (Å²) in [6.07, 6.45) is 3.13. The second kappa shape index (κ2) is 9.71. The van der Waals surface area contributed by atoms with Crippen LogP contribution in [0.3, 0.4) is 0 Å². The van der Waals surface area contributed by atoms with Gasteiger partial charge in [0.05, 0.1) is 0 Å². The minimum atomic E-state index is -0.269. The van der Waals surface area contributed by atoms with Gasteiger partial charge in [0.15, 0.2) is 0 Å². The van der Waals surface area contributed by atoms with Crippen molar-refractivity contribution in [3.05, 3.63) is 84.2 Å². The van der Waals surface area contributed by atoms with E-state index in [1.807, 2.05) is 42.5 Å². The summed E-state index contributed by atoms with van der Waals surface area (Å²) in [6.45, 7) is 2.23. The molecule has 0 atom stereocenters. The van der Waals surface area contributed by atoms with Crippen LogP contribution in [0.4, 0.5) is 10.7 Å². The average molecular weight is 417 g/mol. The van der Waals surface area contributed by atoms with Gasteiger partial charge in [-0.25, -0.2) is 14.8 Å². The number of carbonyl (C=O) groups excluding carboxylic acids is 2. The summed E-state index contributed by atoms with van der Waals surface area (Å²) in [5.41, 5.74) is 1.63. The minimum absolute atomic E-state index is 0.0726. The maximum atomic E-state index is 12.9. The van der Waals surface area contributed by atoms with Crippen LogP contribution in [0.25, 0.3) is 0 Å². The van der Waals surface area contributed by atoms with E-state index in [1.54, 1.807) is 40.4 Å². The zero-order valence-corrected chi connectivity index (χ0v) is 17.0. The summed E-state index contributed by atoms with van der Waals surface area (Å²) < 4.78 is 5.83. The number of hydrogen-bond donors (Lipinski definition) is 1. The third kappa shape index (κ3) is 5.36. The third-order valence-electron chi connectivity index (χ3n) is 4.97. The molecule has 0 spiro atoms. The van der Waals surface area contributed by atoms with Crippen LogP contribution in [0.1, 0.15) is 15.9 Å². The van der Waals surface area contributed by atoms with Crippen LogP contribution < -0.4 is 10.1 Å². The van der Waals surface area contributed by atoms with Gasteiger partial charge in [0.2, 0.25) is 5.95 Å². The van der Waals surface area contributed by atoms with Crippen LogP contribution in [0, 0.1) is 0 Å². The number of anilines is 1. The summed E-state index contributed by atoms with van der Waals surface area (Å²) in [6, 6.07) is 18.5. The molecule has 1 fully saturated rings. The van der Waals surface area contributed by atoms with E-state index >= 15 is 0 Å². The summed E-state index contributed by atoms with van der Waals surface area (Å²) in [7, 11) is 0. The molecule has 4 rings (SSSR count). The number of nitrogens with zero attached hydrogens (tertiary/aromatic N) is 4. The minimum Gasteiger partial charge on any atom is -0.489 e. The van der Waals surface area contributed by atoms with Gasteiger partial charge < -0.3 is 14.5 Å². The van der Waals surface area contributed by atoms with E-state index < -0.39 is 0 Å². The van der Waals surface area contributed by atoms with E-state index in [9.17, 15) is 9.59 Å². The van der Waals surface area contributed by atoms with Crippen LogP contribution in [-0.4, -0.2) is 57.9 Å². The van der Waals surface area contributed by atoms with E-state index in [2.05, 4.69) is 15.3 Å². The summed E-state index contributed by atoms with van der Waals surface area (Å²) in [5, 5.41) is 2.67. The Labute approximate surface area is 180 Å². The topological polar surface area (TPSA) is 87.7 Å². The van der Waals surface area contributed by atoms with Crippen LogP contribution >= 0.6 is 0 Å². The summed E-state index contributed by atoms with van der Waals surface area (Å²) in [5.74, 6) is 0.838. The van der Waals surface area contributed by atoms with Crippen molar-refractivity contribution in [1.82, 2.24) is 19.8 Å². The molecule has 3 amide bonds. The quantitative estimate of drug-likeness (QED) is 0.689. The average Bonchev–Trinajstić information content (AvgIpc) is 2.84. The molecule has 1 aliphatic rings. The molecular formula is C23H23N5O3. The smallest absolute Gasteiger partial charge is 0.324 e. The molecule has 2 heterocycles. The molecule has 8 nitrogen and oxygen atoms in total. The number of amides is 3. The van der Waals surface area contributed by atoms with Crippen molar-refractivity contribution in [1.29, 1.82) is 0 Å². The highest BCUT2D eigenvalue weighted by molar-refractivity contribution is 5.95. The Morgan fingerprint density at radius 3 is 2.32 bits per heavy atom. The van der Waals surface area contributed by atoms with Crippen molar-refractivity contribution in [3.63, 3.8) is 0 Å². The van der Waals surface area contributed by atoms with Gasteiger partial charge in [-0.15, -0.1) is 0 Å². The van der Waals surface area contributed by atoms with Crippen LogP contribution in [-0.2, 0) is 6.61 Å². The monoisotopic (exact) mass is 417 g/mol. The number of urea groups is 1. The Hall–Kier alpha value is -3.94. The molecule has 0 saturated carbocycles. The number of hydrogen-bond acceptors (Lipinski definition) is 5. The summed E-state index contributed by atoms with van der Waals surface area (Å²) >= 11 is 0. The fourth-order valence-electron chi connectivity index (χ4n) is 3.29. The van der Waals surface area contributed by atoms with Gasteiger partial charge in [0.25, 0.3) is 5.91 Å². The van der Waals surface area contributed by atoms with Gasteiger partial charge in [-0.2, -0.15) is 0 Å². The highest BCUT2D eigenvalue weighted by Gasteiger charge is 2.25. The van der Waals surface area contributed by atoms with Crippen LogP contribution in [0.15, 0.2) is 73.1 Å². The van der Waals surface area contributed by atoms with E-state index in [1.165, 1.54) is 0 Å². The first-order valence-electron chi connectivity index (χ1n) is 10.1. The standard InChI is InChI=1S/C23H23N5O3/c29-21(19-8-4-9-20(16-19)31-17-18-6-2-1-3-7-18)27-12-14-28(15-13-27)23(30)26-22-24-10-5-11-25-22/h1-11,16H,12-15,17H2,(H,24,25,26,30). The van der Waals surface area contributed by atoms with E-state index in [4.69, 9.17) is 4.74 Å². The Bertz CT molecular complexity index is 1020. The highest BCUT2D eigenvalue weighted by Crippen LogP contribution is 2.18. The SMILES string of the molecule is O=C(Nc1ncccn1)N1CCN(C(=O)c2cccc(OCc3ccccc3)c2)CC1. The molecule has 31 heavy (non-hydrogen) atoms. The number of benzene rings is 2. The van der Waals surface area contributed by atoms with Gasteiger partial charge in [-0.05, 0) is 29.8 Å². The maximum Gasteiger partial charge on any atom is 0.324 e. The second-order valence-electron chi connectivity index (χ2n) is 7.08. The van der Waals surface area contributed by atoms with E-state index in [-0.39, 0.29) is 17.9 Å². The first-order chi connectivity index (χ1) is 15.2. The summed E-state index contributed by atoms with van der Waals surface area (Å²) in [4.78, 5) is 36.7. The number of nitrogens with one attached hydrogen (secondary N) is 1. The van der Waals surface area contributed by atoms with Crippen molar-refractivity contribution >= 4 is 17.9 Å². The van der Waals surface area contributed by atoms with Crippen molar-refractivity contribution in [3.8, 4) is 5.75 Å². The molecule has 1 aliphatic heterocycles. The Balaban J connectivity index is 1.30. The molecule has 0 aliphatic carbocycles.